The Hall–Kier alpha value is -2.14. The highest BCUT2D eigenvalue weighted by Crippen LogP contribution is 2.20. The Morgan fingerprint density at radius 1 is 1.26 bits per heavy atom. The number of aromatic nitrogens is 4. The Bertz CT molecular complexity index is 722. The van der Waals surface area contributed by atoms with E-state index in [-0.39, 0.29) is 0 Å². The monoisotopic (exact) mass is 273 g/mol. The first-order chi connectivity index (χ1) is 9.25. The van der Waals surface area contributed by atoms with Gasteiger partial charge in [-0.1, -0.05) is 23.7 Å². The van der Waals surface area contributed by atoms with Gasteiger partial charge in [-0.2, -0.15) is 0 Å². The number of aromatic amines is 1. The minimum Gasteiger partial charge on any atom is -0.364 e. The van der Waals surface area contributed by atoms with Gasteiger partial charge in [0.1, 0.15) is 11.8 Å². The standard InChI is InChI=1S/C13H12ClN5/c1-8-9(3-2-4-10(8)14)5-15-12-11-13(17-6-16-11)19-7-18-12/h2-4,6-7H,5H2,1H3,(H2,15,16,17,18,19). The van der Waals surface area contributed by atoms with Gasteiger partial charge in [-0.25, -0.2) is 15.0 Å². The van der Waals surface area contributed by atoms with Gasteiger partial charge in [0.2, 0.25) is 0 Å². The van der Waals surface area contributed by atoms with Gasteiger partial charge < -0.3 is 10.3 Å². The van der Waals surface area contributed by atoms with Crippen molar-refractivity contribution in [3.63, 3.8) is 0 Å². The smallest absolute Gasteiger partial charge is 0.182 e. The molecule has 0 saturated carbocycles. The van der Waals surface area contributed by atoms with Crippen molar-refractivity contribution in [2.45, 2.75) is 13.5 Å². The summed E-state index contributed by atoms with van der Waals surface area (Å²) < 4.78 is 0. The van der Waals surface area contributed by atoms with E-state index in [0.717, 1.165) is 27.5 Å². The van der Waals surface area contributed by atoms with Crippen LogP contribution >= 0.6 is 11.6 Å². The molecular formula is C13H12ClN5. The number of nitrogens with one attached hydrogen (secondary N) is 2. The fraction of sp³-hybridized carbons (Fsp3) is 0.154. The topological polar surface area (TPSA) is 66.5 Å². The zero-order valence-corrected chi connectivity index (χ0v) is 11.1. The number of anilines is 1. The van der Waals surface area contributed by atoms with Crippen LogP contribution in [0, 0.1) is 6.92 Å². The molecule has 6 heteroatoms. The zero-order valence-electron chi connectivity index (χ0n) is 10.3. The van der Waals surface area contributed by atoms with E-state index in [9.17, 15) is 0 Å². The second-order valence-corrected chi connectivity index (χ2v) is 4.61. The summed E-state index contributed by atoms with van der Waals surface area (Å²) in [6.07, 6.45) is 3.10. The summed E-state index contributed by atoms with van der Waals surface area (Å²) in [4.78, 5) is 15.4. The SMILES string of the molecule is Cc1c(Cl)cccc1CNc1ncnc2nc[nH]c12. The van der Waals surface area contributed by atoms with E-state index in [1.807, 2.05) is 25.1 Å². The third-order valence-corrected chi connectivity index (χ3v) is 3.46. The van der Waals surface area contributed by atoms with Crippen LogP contribution in [0.2, 0.25) is 5.02 Å². The third kappa shape index (κ3) is 2.24. The van der Waals surface area contributed by atoms with Crippen molar-refractivity contribution in [1.29, 1.82) is 0 Å². The Labute approximate surface area is 115 Å². The van der Waals surface area contributed by atoms with Crippen LogP contribution < -0.4 is 5.32 Å². The molecule has 0 aliphatic carbocycles. The number of H-pyrrole nitrogens is 1. The van der Waals surface area contributed by atoms with Crippen molar-refractivity contribution in [2.75, 3.05) is 5.32 Å². The summed E-state index contributed by atoms with van der Waals surface area (Å²) >= 11 is 6.10. The molecule has 0 unspecified atom stereocenters. The van der Waals surface area contributed by atoms with Crippen molar-refractivity contribution in [2.24, 2.45) is 0 Å². The molecule has 1 aromatic carbocycles. The number of hydrogen-bond donors (Lipinski definition) is 2. The highest BCUT2D eigenvalue weighted by Gasteiger charge is 2.06. The van der Waals surface area contributed by atoms with Gasteiger partial charge in [-0.15, -0.1) is 0 Å². The van der Waals surface area contributed by atoms with Gasteiger partial charge in [0.15, 0.2) is 11.5 Å². The van der Waals surface area contributed by atoms with Crippen LogP contribution in [0.1, 0.15) is 11.1 Å². The highest BCUT2D eigenvalue weighted by atomic mass is 35.5. The first kappa shape index (κ1) is 11.9. The van der Waals surface area contributed by atoms with Gasteiger partial charge in [-0.3, -0.25) is 0 Å². The van der Waals surface area contributed by atoms with E-state index in [1.54, 1.807) is 6.33 Å². The fourth-order valence-corrected chi connectivity index (χ4v) is 2.12. The average Bonchev–Trinajstić information content (AvgIpc) is 2.89. The third-order valence-electron chi connectivity index (χ3n) is 3.05. The van der Waals surface area contributed by atoms with E-state index >= 15 is 0 Å². The molecule has 2 N–H and O–H groups in total. The van der Waals surface area contributed by atoms with Crippen LogP contribution in [0.3, 0.4) is 0 Å². The summed E-state index contributed by atoms with van der Waals surface area (Å²) in [6, 6.07) is 5.87. The molecule has 0 aliphatic heterocycles. The average molecular weight is 274 g/mol. The van der Waals surface area contributed by atoms with E-state index in [1.165, 1.54) is 6.33 Å². The minimum atomic E-state index is 0.650. The molecule has 0 bridgehead atoms. The Morgan fingerprint density at radius 3 is 3.05 bits per heavy atom. The van der Waals surface area contributed by atoms with Crippen molar-refractivity contribution in [3.05, 3.63) is 47.0 Å². The number of halogens is 1. The number of benzene rings is 1. The van der Waals surface area contributed by atoms with E-state index in [2.05, 4.69) is 25.3 Å². The molecule has 0 atom stereocenters. The second-order valence-electron chi connectivity index (χ2n) is 4.20. The van der Waals surface area contributed by atoms with Crippen LogP contribution in [0.4, 0.5) is 5.82 Å². The number of hydrogen-bond acceptors (Lipinski definition) is 4. The molecule has 3 rings (SSSR count). The molecule has 0 saturated heterocycles. The molecule has 0 amide bonds. The van der Waals surface area contributed by atoms with Crippen molar-refractivity contribution >= 4 is 28.6 Å². The highest BCUT2D eigenvalue weighted by molar-refractivity contribution is 6.31. The van der Waals surface area contributed by atoms with Crippen LogP contribution in [-0.2, 0) is 6.54 Å². The Kier molecular flexibility index (Phi) is 3.05. The lowest BCUT2D eigenvalue weighted by atomic mass is 10.1. The van der Waals surface area contributed by atoms with E-state index in [4.69, 9.17) is 11.6 Å². The molecule has 0 spiro atoms. The number of rotatable bonds is 3. The summed E-state index contributed by atoms with van der Waals surface area (Å²) in [6.45, 7) is 2.66. The number of imidazole rings is 1. The van der Waals surface area contributed by atoms with Gasteiger partial charge in [0.25, 0.3) is 0 Å². The van der Waals surface area contributed by atoms with Crippen molar-refractivity contribution in [1.82, 2.24) is 19.9 Å². The van der Waals surface area contributed by atoms with Crippen LogP contribution in [0.15, 0.2) is 30.9 Å². The molecule has 96 valence electrons. The second kappa shape index (κ2) is 4.85. The van der Waals surface area contributed by atoms with Crippen LogP contribution in [0.25, 0.3) is 11.2 Å². The van der Waals surface area contributed by atoms with Gasteiger partial charge >= 0.3 is 0 Å². The zero-order chi connectivity index (χ0) is 13.2. The maximum Gasteiger partial charge on any atom is 0.182 e. The Balaban J connectivity index is 1.86. The summed E-state index contributed by atoms with van der Waals surface area (Å²) in [5.41, 5.74) is 3.67. The quantitative estimate of drug-likeness (QED) is 0.770. The lowest BCUT2D eigenvalue weighted by Crippen LogP contribution is -2.04. The normalized spacial score (nSPS) is 10.8. The number of fused-ring (bicyclic) bond motifs is 1. The van der Waals surface area contributed by atoms with Crippen LogP contribution in [0.5, 0.6) is 0 Å². The summed E-state index contributed by atoms with van der Waals surface area (Å²) in [5.74, 6) is 0.738. The first-order valence-electron chi connectivity index (χ1n) is 5.87. The molecule has 0 fully saturated rings. The van der Waals surface area contributed by atoms with Crippen molar-refractivity contribution in [3.8, 4) is 0 Å². The lowest BCUT2D eigenvalue weighted by molar-refractivity contribution is 1.08. The Morgan fingerprint density at radius 2 is 2.16 bits per heavy atom. The summed E-state index contributed by atoms with van der Waals surface area (Å²) in [7, 11) is 0. The van der Waals surface area contributed by atoms with E-state index in [0.29, 0.717) is 12.2 Å². The van der Waals surface area contributed by atoms with Crippen molar-refractivity contribution < 1.29 is 0 Å². The molecule has 0 radical (unpaired) electrons. The minimum absolute atomic E-state index is 0.650. The summed E-state index contributed by atoms with van der Waals surface area (Å²) in [5, 5.41) is 4.05. The molecule has 2 aromatic heterocycles. The molecule has 5 nitrogen and oxygen atoms in total. The fourth-order valence-electron chi connectivity index (χ4n) is 1.92. The molecule has 19 heavy (non-hydrogen) atoms. The first-order valence-corrected chi connectivity index (χ1v) is 6.25. The van der Waals surface area contributed by atoms with Gasteiger partial charge in [-0.05, 0) is 24.1 Å². The van der Waals surface area contributed by atoms with Gasteiger partial charge in [0.05, 0.1) is 6.33 Å². The maximum atomic E-state index is 6.10. The van der Waals surface area contributed by atoms with Crippen LogP contribution in [-0.4, -0.2) is 19.9 Å². The predicted molar refractivity (Wildman–Crippen MR) is 75.2 cm³/mol. The predicted octanol–water partition coefficient (Wildman–Crippen LogP) is 2.93. The van der Waals surface area contributed by atoms with E-state index < -0.39 is 0 Å². The lowest BCUT2D eigenvalue weighted by Gasteiger charge is -2.09. The molecule has 2 heterocycles. The molecule has 3 aromatic rings. The molecular weight excluding hydrogens is 262 g/mol. The van der Waals surface area contributed by atoms with Gasteiger partial charge in [0, 0.05) is 11.6 Å². The number of nitrogens with zero attached hydrogens (tertiary/aromatic N) is 3. The maximum absolute atomic E-state index is 6.10. The molecule has 0 aliphatic rings. The largest absolute Gasteiger partial charge is 0.364 e.